The highest BCUT2D eigenvalue weighted by Gasteiger charge is 2.30. The van der Waals surface area contributed by atoms with Crippen molar-refractivity contribution in [3.8, 4) is 0 Å². The number of ether oxygens (including phenoxy) is 1. The summed E-state index contributed by atoms with van der Waals surface area (Å²) in [5.74, 6) is -0.524. The first-order chi connectivity index (χ1) is 33.9. The summed E-state index contributed by atoms with van der Waals surface area (Å²) < 4.78 is 30.6. The molecule has 0 spiro atoms. The SMILES string of the molecule is CC/C=C/C/C=C/C/C=C/CCCCCCC(=O)OC(/C=C/CCCCCCCCCCC)C(COP(=O)(O)OCC[N+](C)(C)C)NC(=O)CCCCCCCCCCCCCCCCCCCCC. The van der Waals surface area contributed by atoms with Gasteiger partial charge in [-0.05, 0) is 63.9 Å². The van der Waals surface area contributed by atoms with E-state index >= 15 is 0 Å². The molecule has 9 nitrogen and oxygen atoms in total. The van der Waals surface area contributed by atoms with Crippen LogP contribution in [-0.4, -0.2) is 74.3 Å². The molecular formula is C60H114N2O7P+. The maximum Gasteiger partial charge on any atom is 0.472 e. The van der Waals surface area contributed by atoms with Crippen LogP contribution < -0.4 is 5.32 Å². The smallest absolute Gasteiger partial charge is 0.456 e. The average molecular weight is 1010 g/mol. The van der Waals surface area contributed by atoms with Crippen molar-refractivity contribution in [1.29, 1.82) is 0 Å². The molecule has 0 radical (unpaired) electrons. The molecule has 3 atom stereocenters. The molecule has 0 saturated carbocycles. The molecule has 0 aliphatic heterocycles. The Morgan fingerprint density at radius 1 is 0.514 bits per heavy atom. The zero-order valence-electron chi connectivity index (χ0n) is 46.8. The first kappa shape index (κ1) is 68.0. The molecule has 0 rings (SSSR count). The summed E-state index contributed by atoms with van der Waals surface area (Å²) in [7, 11) is 1.49. The van der Waals surface area contributed by atoms with Crippen molar-refractivity contribution in [3.63, 3.8) is 0 Å². The lowest BCUT2D eigenvalue weighted by atomic mass is 10.0. The number of phosphoric ester groups is 1. The van der Waals surface area contributed by atoms with Crippen LogP contribution in [0.1, 0.15) is 271 Å². The fourth-order valence-electron chi connectivity index (χ4n) is 8.48. The van der Waals surface area contributed by atoms with E-state index in [1.54, 1.807) is 0 Å². The van der Waals surface area contributed by atoms with Gasteiger partial charge in [0, 0.05) is 12.8 Å². The molecule has 0 aliphatic rings. The van der Waals surface area contributed by atoms with Crippen LogP contribution >= 0.6 is 7.82 Å². The lowest BCUT2D eigenvalue weighted by Crippen LogP contribution is -2.47. The monoisotopic (exact) mass is 1010 g/mol. The standard InChI is InChI=1S/C60H113N2O7P/c1-7-10-13-16-19-22-25-27-29-30-31-32-33-34-37-40-43-46-49-52-59(63)61-57(56-68-70(65,66)67-55-54-62(4,5)6)58(51-48-45-42-39-36-24-21-18-15-12-9-3)69-60(64)53-50-47-44-41-38-35-28-26-23-20-17-14-11-8-2/h11,14,20,23,28,35,48,51,57-58H,7-10,12-13,15-19,21-22,24-27,29-34,36-47,49-50,52-56H2,1-6H3,(H-,61,63,65,66)/p+1/b14-11+,23-20+,35-28+,51-48+. The van der Waals surface area contributed by atoms with Gasteiger partial charge in [0.1, 0.15) is 19.3 Å². The second-order valence-electron chi connectivity index (χ2n) is 21.1. The molecule has 70 heavy (non-hydrogen) atoms. The van der Waals surface area contributed by atoms with Crippen molar-refractivity contribution in [2.45, 2.75) is 283 Å². The number of hydrogen-bond acceptors (Lipinski definition) is 6. The van der Waals surface area contributed by atoms with E-state index in [0.717, 1.165) is 83.5 Å². The van der Waals surface area contributed by atoms with Crippen LogP contribution in [0, 0.1) is 0 Å². The number of rotatable bonds is 53. The third kappa shape index (κ3) is 50.9. The molecule has 0 saturated heterocycles. The molecule has 0 aromatic heterocycles. The van der Waals surface area contributed by atoms with E-state index in [2.05, 4.69) is 62.5 Å². The van der Waals surface area contributed by atoms with E-state index in [-0.39, 0.29) is 31.5 Å². The van der Waals surface area contributed by atoms with Gasteiger partial charge in [-0.3, -0.25) is 18.6 Å². The predicted molar refractivity (Wildman–Crippen MR) is 300 cm³/mol. The van der Waals surface area contributed by atoms with Crippen LogP contribution in [-0.2, 0) is 27.9 Å². The summed E-state index contributed by atoms with van der Waals surface area (Å²) >= 11 is 0. The second-order valence-corrected chi connectivity index (χ2v) is 22.6. The fourth-order valence-corrected chi connectivity index (χ4v) is 9.22. The summed E-state index contributed by atoms with van der Waals surface area (Å²) in [6, 6.07) is -0.854. The molecular weight excluding hydrogens is 892 g/mol. The van der Waals surface area contributed by atoms with Gasteiger partial charge >= 0.3 is 13.8 Å². The van der Waals surface area contributed by atoms with E-state index in [1.807, 2.05) is 33.3 Å². The number of phosphoric acid groups is 1. The number of nitrogens with one attached hydrogen (secondary N) is 1. The lowest BCUT2D eigenvalue weighted by Gasteiger charge is -2.27. The van der Waals surface area contributed by atoms with Gasteiger partial charge in [-0.1, -0.05) is 243 Å². The Morgan fingerprint density at radius 3 is 1.37 bits per heavy atom. The number of nitrogens with zero attached hydrogens (tertiary/aromatic N) is 1. The molecule has 0 aliphatic carbocycles. The Bertz CT molecular complexity index is 1340. The summed E-state index contributed by atoms with van der Waals surface area (Å²) in [5, 5.41) is 3.05. The molecule has 0 aromatic rings. The number of amides is 1. The van der Waals surface area contributed by atoms with Gasteiger partial charge in [0.05, 0.1) is 33.8 Å². The minimum absolute atomic E-state index is 0.0373. The number of carbonyl (C=O) groups excluding carboxylic acids is 2. The van der Waals surface area contributed by atoms with Crippen LogP contribution in [0.3, 0.4) is 0 Å². The number of quaternary nitrogens is 1. The van der Waals surface area contributed by atoms with E-state index in [9.17, 15) is 19.0 Å². The largest absolute Gasteiger partial charge is 0.472 e. The minimum Gasteiger partial charge on any atom is -0.456 e. The highest BCUT2D eigenvalue weighted by molar-refractivity contribution is 7.47. The van der Waals surface area contributed by atoms with Gasteiger partial charge in [0.2, 0.25) is 5.91 Å². The molecule has 0 aromatic carbocycles. The van der Waals surface area contributed by atoms with Gasteiger partial charge in [-0.15, -0.1) is 0 Å². The molecule has 0 heterocycles. The van der Waals surface area contributed by atoms with Crippen molar-refractivity contribution >= 4 is 19.7 Å². The molecule has 1 amide bonds. The predicted octanol–water partition coefficient (Wildman–Crippen LogP) is 17.7. The van der Waals surface area contributed by atoms with Gasteiger partial charge < -0.3 is 19.4 Å². The zero-order valence-corrected chi connectivity index (χ0v) is 47.7. The fraction of sp³-hybridized carbons (Fsp3) is 0.833. The van der Waals surface area contributed by atoms with Crippen LogP contribution in [0.4, 0.5) is 0 Å². The number of hydrogen-bond donors (Lipinski definition) is 2. The van der Waals surface area contributed by atoms with Crippen molar-refractivity contribution in [2.75, 3.05) is 40.9 Å². The summed E-state index contributed by atoms with van der Waals surface area (Å²) in [5.41, 5.74) is 0. The Labute approximate surface area is 433 Å². The number of likely N-dealkylation sites (N-methyl/N-ethyl adjacent to an activating group) is 1. The van der Waals surface area contributed by atoms with Crippen molar-refractivity contribution < 1.29 is 37.3 Å². The third-order valence-corrected chi connectivity index (χ3v) is 14.0. The van der Waals surface area contributed by atoms with E-state index in [4.69, 9.17) is 13.8 Å². The molecule has 0 bridgehead atoms. The van der Waals surface area contributed by atoms with Crippen LogP contribution in [0.25, 0.3) is 0 Å². The quantitative estimate of drug-likeness (QED) is 0.0205. The van der Waals surface area contributed by atoms with Gasteiger partial charge in [0.15, 0.2) is 0 Å². The second kappa shape index (κ2) is 50.5. The van der Waals surface area contributed by atoms with Gasteiger partial charge in [-0.25, -0.2) is 4.57 Å². The highest BCUT2D eigenvalue weighted by Crippen LogP contribution is 2.43. The lowest BCUT2D eigenvalue weighted by molar-refractivity contribution is -0.870. The third-order valence-electron chi connectivity index (χ3n) is 13.0. The summed E-state index contributed by atoms with van der Waals surface area (Å²) in [6.45, 7) is 6.90. The van der Waals surface area contributed by atoms with Crippen LogP contribution in [0.15, 0.2) is 48.6 Å². The van der Waals surface area contributed by atoms with Crippen molar-refractivity contribution in [3.05, 3.63) is 48.6 Å². The summed E-state index contributed by atoms with van der Waals surface area (Å²) in [4.78, 5) is 37.6. The van der Waals surface area contributed by atoms with Crippen molar-refractivity contribution in [2.24, 2.45) is 0 Å². The molecule has 3 unspecified atom stereocenters. The molecule has 0 fully saturated rings. The highest BCUT2D eigenvalue weighted by atomic mass is 31.2. The minimum atomic E-state index is -4.45. The zero-order chi connectivity index (χ0) is 51.5. The Kier molecular flexibility index (Phi) is 49.0. The molecule has 2 N–H and O–H groups in total. The molecule has 410 valence electrons. The number of unbranched alkanes of at least 4 members (excludes halogenated alkanes) is 31. The topological polar surface area (TPSA) is 111 Å². The Balaban J connectivity index is 5.25. The Hall–Kier alpha value is -2.03. The van der Waals surface area contributed by atoms with E-state index < -0.39 is 20.0 Å². The number of allylic oxidation sites excluding steroid dienone is 7. The van der Waals surface area contributed by atoms with E-state index in [0.29, 0.717) is 23.9 Å². The maximum atomic E-state index is 13.5. The maximum absolute atomic E-state index is 13.5. The normalized spacial score (nSPS) is 14.1. The summed E-state index contributed by atoms with van der Waals surface area (Å²) in [6.07, 6.45) is 61.1. The first-order valence-corrected chi connectivity index (χ1v) is 31.0. The van der Waals surface area contributed by atoms with Gasteiger partial charge in [-0.2, -0.15) is 0 Å². The van der Waals surface area contributed by atoms with Gasteiger partial charge in [0.25, 0.3) is 0 Å². The molecule has 10 heteroatoms. The average Bonchev–Trinajstić information content (AvgIpc) is 3.32. The van der Waals surface area contributed by atoms with Crippen LogP contribution in [0.2, 0.25) is 0 Å². The number of esters is 1. The number of carbonyl (C=O) groups is 2. The van der Waals surface area contributed by atoms with Crippen LogP contribution in [0.5, 0.6) is 0 Å². The first-order valence-electron chi connectivity index (χ1n) is 29.5. The Morgan fingerprint density at radius 2 is 0.914 bits per heavy atom. The van der Waals surface area contributed by atoms with Crippen molar-refractivity contribution in [1.82, 2.24) is 5.32 Å². The van der Waals surface area contributed by atoms with E-state index in [1.165, 1.54) is 148 Å².